The fraction of sp³-hybridized carbons (Fsp3) is 0. The Kier molecular flexibility index (Phi) is 8.53. The first kappa shape index (κ1) is 36.9. The second-order valence-electron chi connectivity index (χ2n) is 16.9. The van der Waals surface area contributed by atoms with E-state index < -0.39 is 0 Å². The van der Waals surface area contributed by atoms with Gasteiger partial charge in [-0.3, -0.25) is 0 Å². The fourth-order valence-corrected chi connectivity index (χ4v) is 10.1. The van der Waals surface area contributed by atoms with Crippen molar-refractivity contribution >= 4 is 82.4 Å². The molecule has 0 atom stereocenters. The van der Waals surface area contributed by atoms with Gasteiger partial charge in [-0.2, -0.15) is 0 Å². The maximum absolute atomic E-state index is 6.65. The number of anilines is 3. The van der Waals surface area contributed by atoms with Crippen LogP contribution in [0.25, 0.3) is 104 Å². The maximum Gasteiger partial charge on any atom is 0.143 e. The molecule has 11 aromatic carbocycles. The Morgan fingerprint density at radius 1 is 0.323 bits per heavy atom. The van der Waals surface area contributed by atoms with Crippen LogP contribution in [0.5, 0.6) is 0 Å². The van der Waals surface area contributed by atoms with Crippen molar-refractivity contribution in [3.63, 3.8) is 0 Å². The SMILES string of the molecule is c1cc(-c2ccc3c(c2)oc2c4ccccc4ccc32)cc(N(c2ccc(-c3cccc(-n4c5ccccc5c5ccccc54)c3)cc2)c2ccccc2-c2cccc3ccccc23)c1. The lowest BCUT2D eigenvalue weighted by Gasteiger charge is -2.29. The van der Waals surface area contributed by atoms with Crippen molar-refractivity contribution < 1.29 is 4.42 Å². The minimum atomic E-state index is 0.884. The number of nitrogens with zero attached hydrogens (tertiary/aromatic N) is 2. The highest BCUT2D eigenvalue weighted by Crippen LogP contribution is 2.45. The van der Waals surface area contributed by atoms with Gasteiger partial charge in [0.15, 0.2) is 0 Å². The average molecular weight is 829 g/mol. The Hall–Kier alpha value is -8.66. The highest BCUT2D eigenvalue weighted by atomic mass is 16.3. The second-order valence-corrected chi connectivity index (χ2v) is 16.9. The summed E-state index contributed by atoms with van der Waals surface area (Å²) in [6.45, 7) is 0. The normalized spacial score (nSPS) is 11.7. The molecule has 0 saturated carbocycles. The van der Waals surface area contributed by atoms with Gasteiger partial charge in [-0.1, -0.05) is 170 Å². The molecule has 0 radical (unpaired) electrons. The summed E-state index contributed by atoms with van der Waals surface area (Å²) in [5, 5.41) is 9.53. The molecule has 0 spiro atoms. The van der Waals surface area contributed by atoms with E-state index in [1.165, 1.54) is 43.5 Å². The van der Waals surface area contributed by atoms with Crippen LogP contribution in [0, 0.1) is 0 Å². The van der Waals surface area contributed by atoms with Crippen LogP contribution in [0.1, 0.15) is 0 Å². The van der Waals surface area contributed by atoms with E-state index in [2.05, 4.69) is 252 Å². The molecule has 3 heteroatoms. The van der Waals surface area contributed by atoms with Gasteiger partial charge in [0.1, 0.15) is 11.2 Å². The van der Waals surface area contributed by atoms with Crippen LogP contribution < -0.4 is 4.90 Å². The van der Waals surface area contributed by atoms with Gasteiger partial charge in [-0.15, -0.1) is 0 Å². The van der Waals surface area contributed by atoms with Crippen LogP contribution in [0.4, 0.5) is 17.1 Å². The number of hydrogen-bond acceptors (Lipinski definition) is 2. The van der Waals surface area contributed by atoms with Crippen molar-refractivity contribution in [3.8, 4) is 39.1 Å². The monoisotopic (exact) mass is 828 g/mol. The largest absolute Gasteiger partial charge is 0.455 e. The fourth-order valence-electron chi connectivity index (χ4n) is 10.1. The van der Waals surface area contributed by atoms with Crippen LogP contribution in [-0.2, 0) is 0 Å². The number of aromatic nitrogens is 1. The van der Waals surface area contributed by atoms with Crippen molar-refractivity contribution in [2.24, 2.45) is 0 Å². The number of para-hydroxylation sites is 3. The van der Waals surface area contributed by atoms with Gasteiger partial charge in [0.05, 0.1) is 16.7 Å². The number of furan rings is 1. The van der Waals surface area contributed by atoms with Crippen LogP contribution in [0.3, 0.4) is 0 Å². The minimum Gasteiger partial charge on any atom is -0.455 e. The lowest BCUT2D eigenvalue weighted by molar-refractivity contribution is 0.673. The van der Waals surface area contributed by atoms with Crippen LogP contribution in [-0.4, -0.2) is 4.57 Å². The zero-order chi connectivity index (χ0) is 42.8. The van der Waals surface area contributed by atoms with Crippen molar-refractivity contribution in [2.45, 2.75) is 0 Å². The molecule has 0 saturated heterocycles. The molecule has 13 rings (SSSR count). The lowest BCUT2D eigenvalue weighted by atomic mass is 9.95. The number of benzene rings is 11. The predicted octanol–water partition coefficient (Wildman–Crippen LogP) is 17.5. The molecule has 13 aromatic rings. The highest BCUT2D eigenvalue weighted by molar-refractivity contribution is 6.15. The molecular formula is C62H40N2O. The van der Waals surface area contributed by atoms with Gasteiger partial charge < -0.3 is 13.9 Å². The van der Waals surface area contributed by atoms with Crippen molar-refractivity contribution in [1.29, 1.82) is 0 Å². The Morgan fingerprint density at radius 2 is 0.892 bits per heavy atom. The molecule has 0 aliphatic carbocycles. The minimum absolute atomic E-state index is 0.884. The quantitative estimate of drug-likeness (QED) is 0.160. The van der Waals surface area contributed by atoms with Crippen molar-refractivity contribution in [2.75, 3.05) is 4.90 Å². The third kappa shape index (κ3) is 6.12. The van der Waals surface area contributed by atoms with E-state index in [1.807, 2.05) is 0 Å². The zero-order valence-corrected chi connectivity index (χ0v) is 35.4. The summed E-state index contributed by atoms with van der Waals surface area (Å²) in [6.07, 6.45) is 0. The Balaban J connectivity index is 0.940. The molecule has 3 nitrogen and oxygen atoms in total. The molecule has 2 aromatic heterocycles. The molecule has 304 valence electrons. The second kappa shape index (κ2) is 15.0. The summed E-state index contributed by atoms with van der Waals surface area (Å²) >= 11 is 0. The molecule has 2 heterocycles. The zero-order valence-electron chi connectivity index (χ0n) is 35.4. The summed E-state index contributed by atoms with van der Waals surface area (Å²) in [7, 11) is 0. The van der Waals surface area contributed by atoms with E-state index in [-0.39, 0.29) is 0 Å². The molecule has 0 aliphatic heterocycles. The van der Waals surface area contributed by atoms with E-state index in [9.17, 15) is 0 Å². The maximum atomic E-state index is 6.65. The first-order valence-corrected chi connectivity index (χ1v) is 22.2. The van der Waals surface area contributed by atoms with E-state index in [4.69, 9.17) is 4.42 Å². The third-order valence-electron chi connectivity index (χ3n) is 13.2. The Bertz CT molecular complexity index is 3910. The smallest absolute Gasteiger partial charge is 0.143 e. The summed E-state index contributed by atoms with van der Waals surface area (Å²) < 4.78 is 9.03. The first-order chi connectivity index (χ1) is 32.2. The first-order valence-electron chi connectivity index (χ1n) is 22.2. The average Bonchev–Trinajstić information content (AvgIpc) is 3.93. The summed E-state index contributed by atoms with van der Waals surface area (Å²) in [5.41, 5.74) is 15.5. The molecule has 0 unspecified atom stereocenters. The lowest BCUT2D eigenvalue weighted by Crippen LogP contribution is -2.11. The van der Waals surface area contributed by atoms with E-state index in [0.29, 0.717) is 0 Å². The van der Waals surface area contributed by atoms with Gasteiger partial charge in [0.2, 0.25) is 0 Å². The predicted molar refractivity (Wildman–Crippen MR) is 274 cm³/mol. The van der Waals surface area contributed by atoms with Crippen LogP contribution in [0.15, 0.2) is 247 Å². The third-order valence-corrected chi connectivity index (χ3v) is 13.2. The number of fused-ring (bicyclic) bond motifs is 9. The molecule has 65 heavy (non-hydrogen) atoms. The van der Waals surface area contributed by atoms with Gasteiger partial charge in [0, 0.05) is 49.6 Å². The molecule has 0 aliphatic rings. The Morgan fingerprint density at radius 3 is 1.69 bits per heavy atom. The van der Waals surface area contributed by atoms with Gasteiger partial charge in [0.25, 0.3) is 0 Å². The molecular weight excluding hydrogens is 789 g/mol. The van der Waals surface area contributed by atoms with Crippen molar-refractivity contribution in [3.05, 3.63) is 243 Å². The van der Waals surface area contributed by atoms with Gasteiger partial charge in [-0.25, -0.2) is 0 Å². The van der Waals surface area contributed by atoms with E-state index in [1.54, 1.807) is 0 Å². The van der Waals surface area contributed by atoms with Gasteiger partial charge in [-0.05, 0) is 117 Å². The number of hydrogen-bond donors (Lipinski definition) is 0. The van der Waals surface area contributed by atoms with Crippen LogP contribution in [0.2, 0.25) is 0 Å². The van der Waals surface area contributed by atoms with E-state index in [0.717, 1.165) is 77.9 Å². The molecule has 0 fully saturated rings. The van der Waals surface area contributed by atoms with Gasteiger partial charge >= 0.3 is 0 Å². The topological polar surface area (TPSA) is 21.3 Å². The summed E-state index contributed by atoms with van der Waals surface area (Å²) in [5.74, 6) is 0. The standard InChI is InChI=1S/C62H40N2O/c1-3-21-50-42(14-1)16-13-26-52(50)53-23-5-8-27-58(53)63(48-19-12-18-45(39-48)46-33-36-56-57-37-32-43-15-2-4-22-51(43)62(57)65-61(56)40-46)47-34-30-41(31-35-47)44-17-11-20-49(38-44)64-59-28-9-6-24-54(59)55-25-7-10-29-60(55)64/h1-40H. The van der Waals surface area contributed by atoms with Crippen LogP contribution >= 0.6 is 0 Å². The molecule has 0 N–H and O–H groups in total. The highest BCUT2D eigenvalue weighted by Gasteiger charge is 2.20. The van der Waals surface area contributed by atoms with Crippen molar-refractivity contribution in [1.82, 2.24) is 4.57 Å². The summed E-state index contributed by atoms with van der Waals surface area (Å²) in [6, 6.07) is 87.7. The van der Waals surface area contributed by atoms with E-state index >= 15 is 0 Å². The molecule has 0 bridgehead atoms. The Labute approximate surface area is 376 Å². The summed E-state index contributed by atoms with van der Waals surface area (Å²) in [4.78, 5) is 2.41. The molecule has 0 amide bonds. The number of rotatable bonds is 7.